The second kappa shape index (κ2) is 18.0. The molecule has 1 aromatic carbocycles. The van der Waals surface area contributed by atoms with E-state index in [-0.39, 0.29) is 5.56 Å². The molecule has 1 aromatic heterocycles. The molecule has 4 heteroatoms. The van der Waals surface area contributed by atoms with Crippen LogP contribution in [0, 0.1) is 0 Å². The van der Waals surface area contributed by atoms with Gasteiger partial charge in [-0.3, -0.25) is 4.98 Å². The number of aromatic nitrogens is 1. The van der Waals surface area contributed by atoms with Gasteiger partial charge < -0.3 is 9.84 Å². The van der Waals surface area contributed by atoms with Crippen LogP contribution in [0.5, 0.6) is 5.75 Å². The Kier molecular flexibility index (Phi) is 14.8. The highest BCUT2D eigenvalue weighted by atomic mass is 16.5. The van der Waals surface area contributed by atoms with Gasteiger partial charge in [0.15, 0.2) is 0 Å². The fourth-order valence-corrected chi connectivity index (χ4v) is 4.26. The molecule has 0 saturated carbocycles. The molecule has 34 heavy (non-hydrogen) atoms. The van der Waals surface area contributed by atoms with Gasteiger partial charge in [0.25, 0.3) is 0 Å². The predicted octanol–water partition coefficient (Wildman–Crippen LogP) is 9.09. The molecule has 0 aliphatic heterocycles. The monoisotopic (exact) mass is 467 g/mol. The molecule has 2 aromatic rings. The lowest BCUT2D eigenvalue weighted by atomic mass is 10.0. The third-order valence-electron chi connectivity index (χ3n) is 6.43. The lowest BCUT2D eigenvalue weighted by Crippen LogP contribution is -1.98. The normalized spacial score (nSPS) is 11.0. The number of carboxylic acid groups (broad SMARTS) is 1. The summed E-state index contributed by atoms with van der Waals surface area (Å²) >= 11 is 0. The Morgan fingerprint density at radius 3 is 1.65 bits per heavy atom. The van der Waals surface area contributed by atoms with E-state index >= 15 is 0 Å². The van der Waals surface area contributed by atoms with Crippen molar-refractivity contribution >= 4 is 5.97 Å². The Morgan fingerprint density at radius 2 is 1.21 bits per heavy atom. The van der Waals surface area contributed by atoms with Gasteiger partial charge in [-0.15, -0.1) is 0 Å². The summed E-state index contributed by atoms with van der Waals surface area (Å²) in [6.07, 6.45) is 23.6. The van der Waals surface area contributed by atoms with E-state index in [1.807, 2.05) is 12.1 Å². The Balaban J connectivity index is 1.41. The number of hydrogen-bond acceptors (Lipinski definition) is 3. The fraction of sp³-hybridized carbons (Fsp3) is 0.600. The Bertz CT molecular complexity index is 771. The van der Waals surface area contributed by atoms with Crippen molar-refractivity contribution in [3.8, 4) is 17.0 Å². The number of aromatic carboxylic acids is 1. The number of benzene rings is 1. The fourth-order valence-electron chi connectivity index (χ4n) is 4.26. The molecule has 0 unspecified atom stereocenters. The first-order valence-electron chi connectivity index (χ1n) is 13.6. The van der Waals surface area contributed by atoms with E-state index in [0.29, 0.717) is 0 Å². The van der Waals surface area contributed by atoms with E-state index < -0.39 is 5.97 Å². The van der Waals surface area contributed by atoms with Crippen LogP contribution in [0.25, 0.3) is 11.3 Å². The maximum atomic E-state index is 11.0. The largest absolute Gasteiger partial charge is 0.492 e. The predicted molar refractivity (Wildman–Crippen MR) is 142 cm³/mol. The molecule has 0 aliphatic carbocycles. The molecule has 0 amide bonds. The molecule has 0 fully saturated rings. The molecular weight excluding hydrogens is 422 g/mol. The van der Waals surface area contributed by atoms with Gasteiger partial charge in [-0.25, -0.2) is 4.79 Å². The number of ether oxygens (including phenoxy) is 1. The summed E-state index contributed by atoms with van der Waals surface area (Å²) in [5, 5.41) is 8.99. The van der Waals surface area contributed by atoms with Crippen LogP contribution in [0.4, 0.5) is 0 Å². The number of carbonyl (C=O) groups is 1. The van der Waals surface area contributed by atoms with Crippen LogP contribution in [0.2, 0.25) is 0 Å². The van der Waals surface area contributed by atoms with Crippen LogP contribution >= 0.6 is 0 Å². The first-order chi connectivity index (χ1) is 16.7. The zero-order chi connectivity index (χ0) is 24.3. The summed E-state index contributed by atoms with van der Waals surface area (Å²) in [5.41, 5.74) is 1.99. The van der Waals surface area contributed by atoms with Crippen molar-refractivity contribution in [1.82, 2.24) is 4.98 Å². The van der Waals surface area contributed by atoms with E-state index in [0.717, 1.165) is 30.0 Å². The lowest BCUT2D eigenvalue weighted by molar-refractivity contribution is 0.0697. The lowest BCUT2D eigenvalue weighted by Gasteiger charge is -2.07. The summed E-state index contributed by atoms with van der Waals surface area (Å²) in [7, 11) is 0. The van der Waals surface area contributed by atoms with Gasteiger partial charge in [-0.05, 0) is 30.7 Å². The molecule has 0 saturated heterocycles. The highest BCUT2D eigenvalue weighted by molar-refractivity contribution is 5.88. The minimum atomic E-state index is -0.919. The Morgan fingerprint density at radius 1 is 0.706 bits per heavy atom. The van der Waals surface area contributed by atoms with Gasteiger partial charge in [0.05, 0.1) is 24.1 Å². The number of nitrogens with zero attached hydrogens (tertiary/aromatic N) is 1. The second-order valence-corrected chi connectivity index (χ2v) is 9.41. The smallest absolute Gasteiger partial charge is 0.335 e. The molecule has 0 radical (unpaired) electrons. The van der Waals surface area contributed by atoms with Crippen LogP contribution in [-0.2, 0) is 0 Å². The van der Waals surface area contributed by atoms with E-state index in [1.165, 1.54) is 96.3 Å². The molecule has 1 N–H and O–H groups in total. The first kappa shape index (κ1) is 27.9. The van der Waals surface area contributed by atoms with Gasteiger partial charge >= 0.3 is 5.97 Å². The summed E-state index contributed by atoms with van der Waals surface area (Å²) in [4.78, 5) is 15.4. The van der Waals surface area contributed by atoms with Crippen molar-refractivity contribution in [2.45, 2.75) is 110 Å². The van der Waals surface area contributed by atoms with Gasteiger partial charge in [0.1, 0.15) is 5.75 Å². The molecule has 0 aliphatic rings. The summed E-state index contributed by atoms with van der Waals surface area (Å²) in [6.45, 7) is 3.01. The standard InChI is InChI=1S/C30H45NO3/c1-2-3-4-5-6-7-8-9-10-11-12-13-14-15-16-17-24-34-28-22-23-29(31-25-28)26-18-20-27(21-19-26)30(32)33/h18-23,25H,2-17,24H2,1H3,(H,32,33). The quantitative estimate of drug-likeness (QED) is 0.197. The Labute approximate surface area is 207 Å². The number of pyridine rings is 1. The van der Waals surface area contributed by atoms with Crippen LogP contribution in [0.15, 0.2) is 42.6 Å². The van der Waals surface area contributed by atoms with E-state index in [1.54, 1.807) is 30.5 Å². The van der Waals surface area contributed by atoms with Crippen molar-refractivity contribution in [2.75, 3.05) is 6.61 Å². The maximum Gasteiger partial charge on any atom is 0.335 e. The minimum absolute atomic E-state index is 0.280. The SMILES string of the molecule is CCCCCCCCCCCCCCCCCCOc1ccc(-c2ccc(C(=O)O)cc2)nc1. The third kappa shape index (κ3) is 12.2. The summed E-state index contributed by atoms with van der Waals surface area (Å²) in [5.74, 6) is -0.135. The molecule has 1 heterocycles. The molecule has 2 rings (SSSR count). The van der Waals surface area contributed by atoms with Crippen molar-refractivity contribution in [2.24, 2.45) is 0 Å². The minimum Gasteiger partial charge on any atom is -0.492 e. The number of unbranched alkanes of at least 4 members (excludes halogenated alkanes) is 15. The van der Waals surface area contributed by atoms with Crippen molar-refractivity contribution in [3.05, 3.63) is 48.2 Å². The highest BCUT2D eigenvalue weighted by Crippen LogP contribution is 2.20. The molecule has 0 spiro atoms. The van der Waals surface area contributed by atoms with Crippen LogP contribution in [-0.4, -0.2) is 22.7 Å². The van der Waals surface area contributed by atoms with E-state index in [2.05, 4.69) is 11.9 Å². The van der Waals surface area contributed by atoms with Gasteiger partial charge in [-0.2, -0.15) is 0 Å². The molecular formula is C30H45NO3. The molecule has 188 valence electrons. The van der Waals surface area contributed by atoms with Gasteiger partial charge in [-0.1, -0.05) is 115 Å². The number of carboxylic acids is 1. The summed E-state index contributed by atoms with van der Waals surface area (Å²) in [6, 6.07) is 10.6. The van der Waals surface area contributed by atoms with Crippen molar-refractivity contribution < 1.29 is 14.6 Å². The van der Waals surface area contributed by atoms with Gasteiger partial charge in [0.2, 0.25) is 0 Å². The number of rotatable bonds is 20. The molecule has 4 nitrogen and oxygen atoms in total. The van der Waals surface area contributed by atoms with Gasteiger partial charge in [0, 0.05) is 5.56 Å². The topological polar surface area (TPSA) is 59.4 Å². The van der Waals surface area contributed by atoms with Crippen molar-refractivity contribution in [1.29, 1.82) is 0 Å². The Hall–Kier alpha value is -2.36. The average Bonchev–Trinajstić information content (AvgIpc) is 2.86. The van der Waals surface area contributed by atoms with Crippen LogP contribution in [0.1, 0.15) is 120 Å². The maximum absolute atomic E-state index is 11.0. The summed E-state index contributed by atoms with van der Waals surface area (Å²) < 4.78 is 5.83. The van der Waals surface area contributed by atoms with Crippen LogP contribution in [0.3, 0.4) is 0 Å². The second-order valence-electron chi connectivity index (χ2n) is 9.41. The first-order valence-corrected chi connectivity index (χ1v) is 13.6. The zero-order valence-electron chi connectivity index (χ0n) is 21.3. The molecule has 0 atom stereocenters. The van der Waals surface area contributed by atoms with E-state index in [4.69, 9.17) is 9.84 Å². The van der Waals surface area contributed by atoms with Crippen molar-refractivity contribution in [3.63, 3.8) is 0 Å². The molecule has 0 bridgehead atoms. The number of hydrogen-bond donors (Lipinski definition) is 1. The average molecular weight is 468 g/mol. The third-order valence-corrected chi connectivity index (χ3v) is 6.43. The van der Waals surface area contributed by atoms with E-state index in [9.17, 15) is 4.79 Å². The zero-order valence-corrected chi connectivity index (χ0v) is 21.3. The van der Waals surface area contributed by atoms with Crippen LogP contribution < -0.4 is 4.74 Å². The highest BCUT2D eigenvalue weighted by Gasteiger charge is 2.04.